The molecule has 1 aromatic rings. The fourth-order valence-corrected chi connectivity index (χ4v) is 2.43. The lowest BCUT2D eigenvalue weighted by atomic mass is 9.82. The Morgan fingerprint density at radius 2 is 1.90 bits per heavy atom. The lowest BCUT2D eigenvalue weighted by Crippen LogP contribution is -2.52. The monoisotopic (exact) mass is 284 g/mol. The molecule has 1 amide bonds. The first kappa shape index (κ1) is 14.7. The van der Waals surface area contributed by atoms with Crippen molar-refractivity contribution in [2.75, 3.05) is 5.32 Å². The molecular weight excluding hydrogens is 266 g/mol. The van der Waals surface area contributed by atoms with Crippen LogP contribution in [0.5, 0.6) is 5.75 Å². The van der Waals surface area contributed by atoms with E-state index in [0.717, 1.165) is 19.3 Å². The summed E-state index contributed by atoms with van der Waals surface area (Å²) in [6, 6.07) is 6.10. The second-order valence-electron chi connectivity index (χ2n) is 5.05. The molecule has 6 heteroatoms. The summed E-state index contributed by atoms with van der Waals surface area (Å²) in [5, 5.41) is 2.60. The van der Waals surface area contributed by atoms with E-state index in [4.69, 9.17) is 5.73 Å². The van der Waals surface area contributed by atoms with Gasteiger partial charge in [0.25, 0.3) is 0 Å². The van der Waals surface area contributed by atoms with E-state index in [1.54, 1.807) is 12.1 Å². The summed E-state index contributed by atoms with van der Waals surface area (Å²) in [6.07, 6.45) is 4.09. The van der Waals surface area contributed by atoms with Crippen molar-refractivity contribution in [2.45, 2.75) is 44.3 Å². The molecule has 0 aromatic heterocycles. The van der Waals surface area contributed by atoms with Crippen LogP contribution in [0.1, 0.15) is 32.1 Å². The second-order valence-corrected chi connectivity index (χ2v) is 5.05. The minimum Gasteiger partial charge on any atom is -0.433 e. The maximum absolute atomic E-state index is 12.3. The molecule has 20 heavy (non-hydrogen) atoms. The molecule has 0 spiro atoms. The minimum atomic E-state index is -2.94. The second kappa shape index (κ2) is 6.17. The molecule has 1 fully saturated rings. The predicted molar refractivity (Wildman–Crippen MR) is 71.7 cm³/mol. The maximum atomic E-state index is 12.3. The third-order valence-electron chi connectivity index (χ3n) is 3.55. The lowest BCUT2D eigenvalue weighted by molar-refractivity contribution is -0.122. The lowest BCUT2D eigenvalue weighted by Gasteiger charge is -2.32. The Morgan fingerprint density at radius 1 is 1.25 bits per heavy atom. The molecule has 1 aliphatic rings. The largest absolute Gasteiger partial charge is 0.433 e. The van der Waals surface area contributed by atoms with Crippen molar-refractivity contribution < 1.29 is 18.3 Å². The number of rotatable bonds is 4. The van der Waals surface area contributed by atoms with Gasteiger partial charge in [0.05, 0.1) is 11.2 Å². The van der Waals surface area contributed by atoms with Gasteiger partial charge in [-0.1, -0.05) is 31.4 Å². The highest BCUT2D eigenvalue weighted by Gasteiger charge is 2.35. The molecule has 0 aliphatic heterocycles. The van der Waals surface area contributed by atoms with Gasteiger partial charge < -0.3 is 15.8 Å². The molecule has 1 saturated carbocycles. The molecule has 0 atom stereocenters. The fourth-order valence-electron chi connectivity index (χ4n) is 2.43. The van der Waals surface area contributed by atoms with Gasteiger partial charge in [0.1, 0.15) is 5.75 Å². The first-order valence-corrected chi connectivity index (χ1v) is 6.65. The number of benzene rings is 1. The number of halogens is 2. The van der Waals surface area contributed by atoms with E-state index in [1.165, 1.54) is 12.1 Å². The smallest absolute Gasteiger partial charge is 0.387 e. The SMILES string of the molecule is NC1(C(=O)Nc2ccccc2OC(F)F)CCCCC1. The summed E-state index contributed by atoms with van der Waals surface area (Å²) >= 11 is 0. The van der Waals surface area contributed by atoms with E-state index < -0.39 is 12.2 Å². The fraction of sp³-hybridized carbons (Fsp3) is 0.500. The molecule has 1 aromatic carbocycles. The summed E-state index contributed by atoms with van der Waals surface area (Å²) in [6.45, 7) is -2.94. The number of anilines is 1. The molecule has 0 heterocycles. The van der Waals surface area contributed by atoms with Crippen LogP contribution in [0.2, 0.25) is 0 Å². The normalized spacial score (nSPS) is 17.8. The molecular formula is C14H18F2N2O2. The van der Waals surface area contributed by atoms with Gasteiger partial charge >= 0.3 is 6.61 Å². The highest BCUT2D eigenvalue weighted by atomic mass is 19.3. The van der Waals surface area contributed by atoms with Crippen molar-refractivity contribution in [1.82, 2.24) is 0 Å². The Labute approximate surface area is 116 Å². The van der Waals surface area contributed by atoms with Crippen molar-refractivity contribution in [3.8, 4) is 5.75 Å². The molecule has 0 unspecified atom stereocenters. The van der Waals surface area contributed by atoms with Gasteiger partial charge in [-0.3, -0.25) is 4.79 Å². The van der Waals surface area contributed by atoms with Gasteiger partial charge in [0.2, 0.25) is 5.91 Å². The van der Waals surface area contributed by atoms with Gasteiger partial charge in [0, 0.05) is 0 Å². The summed E-state index contributed by atoms with van der Waals surface area (Å²) in [5.41, 5.74) is 5.40. The Hall–Kier alpha value is -1.69. The van der Waals surface area contributed by atoms with Crippen molar-refractivity contribution >= 4 is 11.6 Å². The number of nitrogens with one attached hydrogen (secondary N) is 1. The number of nitrogens with two attached hydrogens (primary N) is 1. The Morgan fingerprint density at radius 3 is 2.55 bits per heavy atom. The molecule has 1 aliphatic carbocycles. The Balaban J connectivity index is 2.11. The van der Waals surface area contributed by atoms with Crippen molar-refractivity contribution in [3.63, 3.8) is 0 Å². The number of hydrogen-bond donors (Lipinski definition) is 2. The van der Waals surface area contributed by atoms with Crippen LogP contribution in [-0.4, -0.2) is 18.1 Å². The molecule has 0 bridgehead atoms. The quantitative estimate of drug-likeness (QED) is 0.893. The van der Waals surface area contributed by atoms with Crippen LogP contribution in [0.25, 0.3) is 0 Å². The predicted octanol–water partition coefficient (Wildman–Crippen LogP) is 2.89. The van der Waals surface area contributed by atoms with Gasteiger partial charge in [0.15, 0.2) is 0 Å². The highest BCUT2D eigenvalue weighted by Crippen LogP contribution is 2.30. The van der Waals surface area contributed by atoms with Crippen LogP contribution in [0.4, 0.5) is 14.5 Å². The Kier molecular flexibility index (Phi) is 4.54. The van der Waals surface area contributed by atoms with Gasteiger partial charge in [-0.05, 0) is 25.0 Å². The molecule has 2 rings (SSSR count). The van der Waals surface area contributed by atoms with E-state index in [2.05, 4.69) is 10.1 Å². The average molecular weight is 284 g/mol. The first-order chi connectivity index (χ1) is 9.51. The summed E-state index contributed by atoms with van der Waals surface area (Å²) < 4.78 is 29.0. The van der Waals surface area contributed by atoms with E-state index in [-0.39, 0.29) is 17.3 Å². The number of alkyl halides is 2. The number of para-hydroxylation sites is 2. The van der Waals surface area contributed by atoms with E-state index in [9.17, 15) is 13.6 Å². The molecule has 0 radical (unpaired) electrons. The number of carbonyl (C=O) groups is 1. The zero-order valence-corrected chi connectivity index (χ0v) is 11.1. The van der Waals surface area contributed by atoms with Gasteiger partial charge in [-0.15, -0.1) is 0 Å². The maximum Gasteiger partial charge on any atom is 0.387 e. The van der Waals surface area contributed by atoms with Gasteiger partial charge in [-0.25, -0.2) is 0 Å². The Bertz CT molecular complexity index is 474. The van der Waals surface area contributed by atoms with E-state index in [0.29, 0.717) is 12.8 Å². The zero-order valence-electron chi connectivity index (χ0n) is 11.1. The molecule has 3 N–H and O–H groups in total. The van der Waals surface area contributed by atoms with Crippen LogP contribution >= 0.6 is 0 Å². The third-order valence-corrected chi connectivity index (χ3v) is 3.55. The van der Waals surface area contributed by atoms with Crippen molar-refractivity contribution in [2.24, 2.45) is 5.73 Å². The first-order valence-electron chi connectivity index (χ1n) is 6.65. The number of amides is 1. The molecule has 110 valence electrons. The minimum absolute atomic E-state index is 0.0599. The summed E-state index contributed by atoms with van der Waals surface area (Å²) in [7, 11) is 0. The van der Waals surface area contributed by atoms with Crippen molar-refractivity contribution in [3.05, 3.63) is 24.3 Å². The standard InChI is InChI=1S/C14H18F2N2O2/c15-13(16)20-11-7-3-2-6-10(11)18-12(19)14(17)8-4-1-5-9-14/h2-3,6-7,13H,1,4-5,8-9,17H2,(H,18,19). The highest BCUT2D eigenvalue weighted by molar-refractivity contribution is 5.99. The van der Waals surface area contributed by atoms with Crippen LogP contribution in [0.15, 0.2) is 24.3 Å². The van der Waals surface area contributed by atoms with Crippen molar-refractivity contribution in [1.29, 1.82) is 0 Å². The number of carbonyl (C=O) groups excluding carboxylic acids is 1. The summed E-state index contributed by atoms with van der Waals surface area (Å²) in [4.78, 5) is 12.2. The number of ether oxygens (including phenoxy) is 1. The zero-order chi connectivity index (χ0) is 14.6. The molecule has 0 saturated heterocycles. The van der Waals surface area contributed by atoms with Gasteiger partial charge in [-0.2, -0.15) is 8.78 Å². The number of hydrogen-bond acceptors (Lipinski definition) is 3. The van der Waals surface area contributed by atoms with E-state index in [1.807, 2.05) is 0 Å². The topological polar surface area (TPSA) is 64.4 Å². The van der Waals surface area contributed by atoms with Crippen LogP contribution < -0.4 is 15.8 Å². The third kappa shape index (κ3) is 3.45. The van der Waals surface area contributed by atoms with E-state index >= 15 is 0 Å². The molecule has 4 nitrogen and oxygen atoms in total. The van der Waals surface area contributed by atoms with Crippen LogP contribution in [0, 0.1) is 0 Å². The van der Waals surface area contributed by atoms with Crippen LogP contribution in [-0.2, 0) is 4.79 Å². The van der Waals surface area contributed by atoms with Crippen LogP contribution in [0.3, 0.4) is 0 Å². The average Bonchev–Trinajstić information content (AvgIpc) is 2.41. The summed E-state index contributed by atoms with van der Waals surface area (Å²) in [5.74, 6) is -0.405.